The highest BCUT2D eigenvalue weighted by Crippen LogP contribution is 2.24. The fourth-order valence-electron chi connectivity index (χ4n) is 2.75. The summed E-state index contributed by atoms with van der Waals surface area (Å²) in [6.45, 7) is 5.48. The topological polar surface area (TPSA) is 40.5 Å². The maximum Gasteiger partial charge on any atom is 0.335 e. The quantitative estimate of drug-likeness (QED) is 0.892. The number of carbonyl (C=O) groups is 1. The Morgan fingerprint density at radius 1 is 1.22 bits per heavy atom. The number of piperidine rings is 1. The molecule has 0 saturated carbocycles. The number of carboxylic acid groups (broad SMARTS) is 1. The number of aromatic carboxylic acids is 1. The molecule has 2 rings (SSSR count). The van der Waals surface area contributed by atoms with E-state index in [4.69, 9.17) is 5.11 Å². The summed E-state index contributed by atoms with van der Waals surface area (Å²) in [7, 11) is 0. The number of rotatable bonds is 3. The smallest absolute Gasteiger partial charge is 0.335 e. The van der Waals surface area contributed by atoms with Crippen molar-refractivity contribution < 1.29 is 9.90 Å². The lowest BCUT2D eigenvalue weighted by Crippen LogP contribution is -2.42. The van der Waals surface area contributed by atoms with Crippen LogP contribution in [-0.4, -0.2) is 28.1 Å². The summed E-state index contributed by atoms with van der Waals surface area (Å²) < 4.78 is 0. The third kappa shape index (κ3) is 2.91. The van der Waals surface area contributed by atoms with E-state index in [-0.39, 0.29) is 0 Å². The predicted octanol–water partition coefficient (Wildman–Crippen LogP) is 3.15. The van der Waals surface area contributed by atoms with E-state index in [0.29, 0.717) is 17.6 Å². The summed E-state index contributed by atoms with van der Waals surface area (Å²) in [5, 5.41) is 8.87. The van der Waals surface area contributed by atoms with Gasteiger partial charge in [0, 0.05) is 18.6 Å². The highest BCUT2D eigenvalue weighted by Gasteiger charge is 2.24. The van der Waals surface area contributed by atoms with E-state index in [0.717, 1.165) is 6.54 Å². The molecule has 1 saturated heterocycles. The number of nitrogens with zero attached hydrogens (tertiary/aromatic N) is 1. The van der Waals surface area contributed by atoms with Gasteiger partial charge in [-0.3, -0.25) is 4.90 Å². The number of likely N-dealkylation sites (tertiary alicyclic amines) is 1. The fraction of sp³-hybridized carbons (Fsp3) is 0.533. The first kappa shape index (κ1) is 13.1. The molecule has 2 unspecified atom stereocenters. The first-order valence-corrected chi connectivity index (χ1v) is 6.66. The average Bonchev–Trinajstić information content (AvgIpc) is 2.34. The summed E-state index contributed by atoms with van der Waals surface area (Å²) in [6, 6.07) is 8.48. The minimum atomic E-state index is -0.860. The van der Waals surface area contributed by atoms with Crippen molar-refractivity contribution in [2.45, 2.75) is 51.7 Å². The van der Waals surface area contributed by atoms with Crippen molar-refractivity contribution in [1.29, 1.82) is 0 Å². The normalized spacial score (nSPS) is 25.0. The fourth-order valence-corrected chi connectivity index (χ4v) is 2.75. The summed E-state index contributed by atoms with van der Waals surface area (Å²) in [5.74, 6) is -0.860. The second-order valence-corrected chi connectivity index (χ2v) is 5.30. The summed E-state index contributed by atoms with van der Waals surface area (Å²) in [5.41, 5.74) is 1.55. The van der Waals surface area contributed by atoms with Gasteiger partial charge in [-0.05, 0) is 44.4 Å². The van der Waals surface area contributed by atoms with Crippen LogP contribution in [0.1, 0.15) is 49.0 Å². The van der Waals surface area contributed by atoms with Crippen LogP contribution in [0.5, 0.6) is 0 Å². The van der Waals surface area contributed by atoms with Gasteiger partial charge in [-0.2, -0.15) is 0 Å². The maximum absolute atomic E-state index is 10.8. The largest absolute Gasteiger partial charge is 0.478 e. The number of carboxylic acids is 1. The summed E-state index contributed by atoms with van der Waals surface area (Å²) >= 11 is 0. The third-order valence-electron chi connectivity index (χ3n) is 3.94. The van der Waals surface area contributed by atoms with Crippen molar-refractivity contribution >= 4 is 5.97 Å². The van der Waals surface area contributed by atoms with E-state index >= 15 is 0 Å². The van der Waals surface area contributed by atoms with Crippen molar-refractivity contribution in [3.63, 3.8) is 0 Å². The highest BCUT2D eigenvalue weighted by atomic mass is 16.4. The van der Waals surface area contributed by atoms with E-state index in [1.54, 1.807) is 12.1 Å². The molecule has 0 bridgehead atoms. The summed E-state index contributed by atoms with van der Waals surface area (Å²) in [6.07, 6.45) is 3.84. The first-order chi connectivity index (χ1) is 8.58. The molecule has 0 aliphatic carbocycles. The molecule has 3 nitrogen and oxygen atoms in total. The van der Waals surface area contributed by atoms with Crippen LogP contribution < -0.4 is 0 Å². The Hall–Kier alpha value is -1.35. The van der Waals surface area contributed by atoms with Gasteiger partial charge in [-0.15, -0.1) is 0 Å². The molecule has 1 aliphatic heterocycles. The standard InChI is InChI=1S/C15H21NO2/c1-11-4-3-5-12(2)16(11)10-13-6-8-14(9-7-13)15(17)18/h6-9,11-12H,3-5,10H2,1-2H3,(H,17,18). The summed E-state index contributed by atoms with van der Waals surface area (Å²) in [4.78, 5) is 13.3. The van der Waals surface area contributed by atoms with Gasteiger partial charge >= 0.3 is 5.97 Å². The van der Waals surface area contributed by atoms with Crippen molar-refractivity contribution in [3.05, 3.63) is 35.4 Å². The molecule has 1 fully saturated rings. The predicted molar refractivity (Wildman–Crippen MR) is 71.7 cm³/mol. The van der Waals surface area contributed by atoms with Crippen LogP contribution in [0.15, 0.2) is 24.3 Å². The van der Waals surface area contributed by atoms with Gasteiger partial charge < -0.3 is 5.11 Å². The molecule has 1 aromatic carbocycles. The Morgan fingerprint density at radius 3 is 2.28 bits per heavy atom. The van der Waals surface area contributed by atoms with E-state index in [2.05, 4.69) is 18.7 Å². The lowest BCUT2D eigenvalue weighted by Gasteiger charge is -2.39. The number of hydrogen-bond donors (Lipinski definition) is 1. The minimum Gasteiger partial charge on any atom is -0.478 e. The van der Waals surface area contributed by atoms with Crippen LogP contribution in [-0.2, 0) is 6.54 Å². The van der Waals surface area contributed by atoms with Crippen molar-refractivity contribution in [1.82, 2.24) is 4.90 Å². The Kier molecular flexibility index (Phi) is 4.02. The molecule has 1 N–H and O–H groups in total. The monoisotopic (exact) mass is 247 g/mol. The zero-order valence-corrected chi connectivity index (χ0v) is 11.1. The Balaban J connectivity index is 2.06. The van der Waals surface area contributed by atoms with E-state index < -0.39 is 5.97 Å². The molecular formula is C15H21NO2. The molecule has 0 spiro atoms. The van der Waals surface area contributed by atoms with Gasteiger partial charge in [0.25, 0.3) is 0 Å². The van der Waals surface area contributed by atoms with Gasteiger partial charge in [0.05, 0.1) is 5.56 Å². The molecule has 0 radical (unpaired) electrons. The van der Waals surface area contributed by atoms with Gasteiger partial charge in [-0.1, -0.05) is 18.6 Å². The molecule has 0 aromatic heterocycles. The van der Waals surface area contributed by atoms with E-state index in [9.17, 15) is 4.79 Å². The molecule has 98 valence electrons. The second kappa shape index (κ2) is 5.53. The molecule has 0 amide bonds. The van der Waals surface area contributed by atoms with Gasteiger partial charge in [-0.25, -0.2) is 4.79 Å². The maximum atomic E-state index is 10.8. The molecule has 1 aliphatic rings. The van der Waals surface area contributed by atoms with Crippen LogP contribution in [0.25, 0.3) is 0 Å². The highest BCUT2D eigenvalue weighted by molar-refractivity contribution is 5.87. The zero-order valence-electron chi connectivity index (χ0n) is 11.1. The molecule has 2 atom stereocenters. The van der Waals surface area contributed by atoms with Crippen LogP contribution in [0.3, 0.4) is 0 Å². The minimum absolute atomic E-state index is 0.360. The van der Waals surface area contributed by atoms with Gasteiger partial charge in [0.2, 0.25) is 0 Å². The molecule has 1 aromatic rings. The molecule has 18 heavy (non-hydrogen) atoms. The van der Waals surface area contributed by atoms with Crippen LogP contribution >= 0.6 is 0 Å². The third-order valence-corrected chi connectivity index (χ3v) is 3.94. The van der Waals surface area contributed by atoms with E-state index in [1.165, 1.54) is 24.8 Å². The number of hydrogen-bond acceptors (Lipinski definition) is 2. The Bertz CT molecular complexity index is 403. The Labute approximate surface area is 108 Å². The van der Waals surface area contributed by atoms with E-state index in [1.807, 2.05) is 12.1 Å². The van der Waals surface area contributed by atoms with Crippen molar-refractivity contribution in [2.75, 3.05) is 0 Å². The SMILES string of the molecule is CC1CCCC(C)N1Cc1ccc(C(=O)O)cc1. The van der Waals surface area contributed by atoms with Crippen LogP contribution in [0, 0.1) is 0 Å². The van der Waals surface area contributed by atoms with Crippen LogP contribution in [0.2, 0.25) is 0 Å². The Morgan fingerprint density at radius 2 is 1.78 bits per heavy atom. The zero-order chi connectivity index (χ0) is 13.1. The molecule has 3 heteroatoms. The molecular weight excluding hydrogens is 226 g/mol. The van der Waals surface area contributed by atoms with Gasteiger partial charge in [0.1, 0.15) is 0 Å². The first-order valence-electron chi connectivity index (χ1n) is 6.66. The van der Waals surface area contributed by atoms with Crippen molar-refractivity contribution in [3.8, 4) is 0 Å². The second-order valence-electron chi connectivity index (χ2n) is 5.30. The molecule has 1 heterocycles. The van der Waals surface area contributed by atoms with Gasteiger partial charge in [0.15, 0.2) is 0 Å². The lowest BCUT2D eigenvalue weighted by molar-refractivity contribution is 0.0696. The number of benzene rings is 1. The van der Waals surface area contributed by atoms with Crippen molar-refractivity contribution in [2.24, 2.45) is 0 Å². The lowest BCUT2D eigenvalue weighted by atomic mass is 9.96. The average molecular weight is 247 g/mol. The van der Waals surface area contributed by atoms with Crippen LogP contribution in [0.4, 0.5) is 0 Å².